The first-order chi connectivity index (χ1) is 12.6. The zero-order valence-corrected chi connectivity index (χ0v) is 14.4. The van der Waals surface area contributed by atoms with Crippen LogP contribution in [0.2, 0.25) is 0 Å². The van der Waals surface area contributed by atoms with Gasteiger partial charge in [-0.3, -0.25) is 4.79 Å². The van der Waals surface area contributed by atoms with Crippen molar-refractivity contribution in [3.05, 3.63) is 70.8 Å². The Morgan fingerprint density at radius 3 is 2.81 bits per heavy atom. The second kappa shape index (κ2) is 8.09. The topological polar surface area (TPSA) is 44.1 Å². The highest BCUT2D eigenvalue weighted by atomic mass is 19.1. The van der Waals surface area contributed by atoms with Gasteiger partial charge in [-0.2, -0.15) is 5.26 Å². The Morgan fingerprint density at radius 2 is 2.04 bits per heavy atom. The fourth-order valence-corrected chi connectivity index (χ4v) is 3.51. The molecule has 2 aromatic carbocycles. The van der Waals surface area contributed by atoms with Gasteiger partial charge >= 0.3 is 0 Å². The smallest absolute Gasteiger partial charge is 0.255 e. The number of amides is 1. The quantitative estimate of drug-likeness (QED) is 0.821. The fourth-order valence-electron chi connectivity index (χ4n) is 3.51. The van der Waals surface area contributed by atoms with Gasteiger partial charge < -0.3 is 4.90 Å². The number of hydrogen-bond donors (Lipinski definition) is 0. The van der Waals surface area contributed by atoms with Gasteiger partial charge in [-0.1, -0.05) is 18.2 Å². The largest absolute Gasteiger partial charge is 0.338 e. The van der Waals surface area contributed by atoms with Crippen molar-refractivity contribution in [2.45, 2.75) is 25.7 Å². The Labute approximate surface area is 151 Å². The van der Waals surface area contributed by atoms with E-state index in [0.29, 0.717) is 36.2 Å². The van der Waals surface area contributed by atoms with Gasteiger partial charge in [-0.25, -0.2) is 8.78 Å². The lowest BCUT2D eigenvalue weighted by atomic mass is 9.91. The molecule has 5 heteroatoms. The Morgan fingerprint density at radius 1 is 1.23 bits per heavy atom. The van der Waals surface area contributed by atoms with Crippen LogP contribution in [0.1, 0.15) is 40.7 Å². The first-order valence-corrected chi connectivity index (χ1v) is 8.81. The van der Waals surface area contributed by atoms with Crippen molar-refractivity contribution in [3.8, 4) is 6.07 Å². The maximum Gasteiger partial charge on any atom is 0.255 e. The third-order valence-electron chi connectivity index (χ3n) is 4.92. The maximum atomic E-state index is 13.8. The molecule has 1 atom stereocenters. The van der Waals surface area contributed by atoms with Crippen molar-refractivity contribution in [2.75, 3.05) is 13.1 Å². The molecule has 1 fully saturated rings. The maximum absolute atomic E-state index is 13.8. The van der Waals surface area contributed by atoms with Crippen LogP contribution < -0.4 is 0 Å². The third-order valence-corrected chi connectivity index (χ3v) is 4.92. The van der Waals surface area contributed by atoms with Crippen LogP contribution in [-0.2, 0) is 6.42 Å². The fraction of sp³-hybridized carbons (Fsp3) is 0.333. The van der Waals surface area contributed by atoms with Gasteiger partial charge in [0.25, 0.3) is 5.91 Å². The lowest BCUT2D eigenvalue weighted by molar-refractivity contribution is 0.0668. The zero-order valence-electron chi connectivity index (χ0n) is 14.4. The molecule has 26 heavy (non-hydrogen) atoms. The molecule has 134 valence electrons. The van der Waals surface area contributed by atoms with Crippen LogP contribution in [-0.4, -0.2) is 23.9 Å². The normalized spacial score (nSPS) is 17.0. The van der Waals surface area contributed by atoms with E-state index in [1.54, 1.807) is 29.2 Å². The Hall–Kier alpha value is -2.74. The molecule has 2 aromatic rings. The van der Waals surface area contributed by atoms with Crippen LogP contribution in [0.15, 0.2) is 42.5 Å². The van der Waals surface area contributed by atoms with Crippen molar-refractivity contribution >= 4 is 5.91 Å². The number of aryl methyl sites for hydroxylation is 1. The van der Waals surface area contributed by atoms with Gasteiger partial charge in [-0.05, 0) is 55.4 Å². The summed E-state index contributed by atoms with van der Waals surface area (Å²) < 4.78 is 26.8. The molecular weight excluding hydrogens is 334 g/mol. The van der Waals surface area contributed by atoms with Crippen LogP contribution in [0, 0.1) is 28.9 Å². The zero-order chi connectivity index (χ0) is 18.5. The first-order valence-electron chi connectivity index (χ1n) is 8.81. The minimum absolute atomic E-state index is 0.125. The van der Waals surface area contributed by atoms with E-state index in [1.807, 2.05) is 0 Å². The number of piperidine rings is 1. The summed E-state index contributed by atoms with van der Waals surface area (Å²) in [6.07, 6.45) is 3.13. The number of nitriles is 1. The summed E-state index contributed by atoms with van der Waals surface area (Å²) in [5.41, 5.74) is 1.32. The van der Waals surface area contributed by atoms with Crippen LogP contribution >= 0.6 is 0 Å². The van der Waals surface area contributed by atoms with E-state index in [-0.39, 0.29) is 11.8 Å². The molecule has 3 rings (SSSR count). The van der Waals surface area contributed by atoms with E-state index in [0.717, 1.165) is 25.3 Å². The molecule has 1 aliphatic heterocycles. The Balaban J connectivity index is 1.64. The highest BCUT2D eigenvalue weighted by Crippen LogP contribution is 2.24. The van der Waals surface area contributed by atoms with Gasteiger partial charge in [0.1, 0.15) is 11.6 Å². The molecule has 3 nitrogen and oxygen atoms in total. The van der Waals surface area contributed by atoms with E-state index in [9.17, 15) is 18.8 Å². The molecule has 1 unspecified atom stereocenters. The predicted molar refractivity (Wildman–Crippen MR) is 94.5 cm³/mol. The number of rotatable bonds is 4. The molecule has 1 aliphatic rings. The minimum atomic E-state index is -0.572. The van der Waals surface area contributed by atoms with Crippen LogP contribution in [0.5, 0.6) is 0 Å². The average molecular weight is 354 g/mol. The molecule has 0 bridgehead atoms. The molecule has 1 heterocycles. The number of carbonyl (C=O) groups excluding carboxylic acids is 1. The third kappa shape index (κ3) is 4.08. The van der Waals surface area contributed by atoms with Crippen LogP contribution in [0.3, 0.4) is 0 Å². The lowest BCUT2D eigenvalue weighted by Gasteiger charge is -2.33. The summed E-state index contributed by atoms with van der Waals surface area (Å²) in [6.45, 7) is 1.27. The molecule has 0 radical (unpaired) electrons. The number of halogens is 2. The summed E-state index contributed by atoms with van der Waals surface area (Å²) in [7, 11) is 0. The van der Waals surface area contributed by atoms with Gasteiger partial charge in [0.2, 0.25) is 0 Å². The average Bonchev–Trinajstić information content (AvgIpc) is 2.67. The standard InChI is InChI=1S/C21H20F2N2O/c22-18-10-9-16(20(23)12-18)8-7-15-4-3-11-25(14-15)21(26)19-6-2-1-5-17(19)13-24/h1-2,5-6,9-10,12,15H,3-4,7-8,11,14H2. The number of nitrogens with zero attached hydrogens (tertiary/aromatic N) is 2. The van der Waals surface area contributed by atoms with Gasteiger partial charge in [0.15, 0.2) is 0 Å². The highest BCUT2D eigenvalue weighted by molar-refractivity contribution is 5.96. The summed E-state index contributed by atoms with van der Waals surface area (Å²) in [4.78, 5) is 14.5. The SMILES string of the molecule is N#Cc1ccccc1C(=O)N1CCCC(CCc2ccc(F)cc2F)C1. The minimum Gasteiger partial charge on any atom is -0.338 e. The van der Waals surface area contributed by atoms with Gasteiger partial charge in [-0.15, -0.1) is 0 Å². The second-order valence-corrected chi connectivity index (χ2v) is 6.69. The molecule has 0 aromatic heterocycles. The van der Waals surface area contributed by atoms with Crippen molar-refractivity contribution < 1.29 is 13.6 Å². The molecule has 0 N–H and O–H groups in total. The first kappa shape index (κ1) is 18.1. The van der Waals surface area contributed by atoms with E-state index >= 15 is 0 Å². The molecule has 1 saturated heterocycles. The van der Waals surface area contributed by atoms with Crippen LogP contribution in [0.4, 0.5) is 8.78 Å². The number of hydrogen-bond acceptors (Lipinski definition) is 2. The second-order valence-electron chi connectivity index (χ2n) is 6.69. The summed E-state index contributed by atoms with van der Waals surface area (Å²) >= 11 is 0. The van der Waals surface area contributed by atoms with E-state index < -0.39 is 11.6 Å². The summed E-state index contributed by atoms with van der Waals surface area (Å²) in [5, 5.41) is 9.19. The molecule has 1 amide bonds. The summed E-state index contributed by atoms with van der Waals surface area (Å²) in [5.74, 6) is -0.945. The van der Waals surface area contributed by atoms with Crippen molar-refractivity contribution in [2.24, 2.45) is 5.92 Å². The van der Waals surface area contributed by atoms with Crippen molar-refractivity contribution in [1.82, 2.24) is 4.90 Å². The monoisotopic (exact) mass is 354 g/mol. The lowest BCUT2D eigenvalue weighted by Crippen LogP contribution is -2.40. The Bertz CT molecular complexity index is 844. The predicted octanol–water partition coefficient (Wildman–Crippen LogP) is 4.32. The molecule has 0 saturated carbocycles. The number of likely N-dealkylation sites (tertiary alicyclic amines) is 1. The van der Waals surface area contributed by atoms with Gasteiger partial charge in [0, 0.05) is 19.2 Å². The molecule has 0 spiro atoms. The Kier molecular flexibility index (Phi) is 5.62. The van der Waals surface area contributed by atoms with E-state index in [1.165, 1.54) is 12.1 Å². The number of benzene rings is 2. The molecular formula is C21H20F2N2O. The van der Waals surface area contributed by atoms with Crippen LogP contribution in [0.25, 0.3) is 0 Å². The van der Waals surface area contributed by atoms with E-state index in [4.69, 9.17) is 0 Å². The highest BCUT2D eigenvalue weighted by Gasteiger charge is 2.25. The van der Waals surface area contributed by atoms with E-state index in [2.05, 4.69) is 6.07 Å². The number of carbonyl (C=O) groups is 1. The van der Waals surface area contributed by atoms with Gasteiger partial charge in [0.05, 0.1) is 17.2 Å². The molecule has 0 aliphatic carbocycles. The van der Waals surface area contributed by atoms with Crippen molar-refractivity contribution in [3.63, 3.8) is 0 Å². The van der Waals surface area contributed by atoms with Crippen molar-refractivity contribution in [1.29, 1.82) is 5.26 Å². The summed E-state index contributed by atoms with van der Waals surface area (Å²) in [6, 6.07) is 12.6.